The van der Waals surface area contributed by atoms with Crippen molar-refractivity contribution in [3.8, 4) is 0 Å². The highest BCUT2D eigenvalue weighted by Gasteiger charge is 2.59. The number of hydrogen-bond donors (Lipinski definition) is 9. The van der Waals surface area contributed by atoms with Gasteiger partial charge in [0.1, 0.15) is 36.3 Å². The van der Waals surface area contributed by atoms with Gasteiger partial charge in [-0.2, -0.15) is 4.98 Å². The second kappa shape index (κ2) is 13.9. The molecule has 0 aromatic carbocycles. The molecule has 2 saturated heterocycles. The van der Waals surface area contributed by atoms with Crippen LogP contribution in [0.4, 0.5) is 5.82 Å². The summed E-state index contributed by atoms with van der Waals surface area (Å²) in [6.45, 7) is -0.200. The van der Waals surface area contributed by atoms with E-state index in [0.29, 0.717) is 0 Å². The maximum absolute atomic E-state index is 13.0. The van der Waals surface area contributed by atoms with Gasteiger partial charge in [0, 0.05) is 26.5 Å². The third kappa shape index (κ3) is 7.95. The van der Waals surface area contributed by atoms with E-state index in [2.05, 4.69) is 10.3 Å². The number of carboxylic acids is 1. The molecule has 2 fully saturated rings. The van der Waals surface area contributed by atoms with Crippen molar-refractivity contribution in [2.24, 2.45) is 0 Å². The molecule has 0 aliphatic carbocycles. The molecule has 1 aromatic heterocycles. The van der Waals surface area contributed by atoms with Crippen LogP contribution in [-0.4, -0.2) is 131 Å². The van der Waals surface area contributed by atoms with Crippen molar-refractivity contribution in [3.63, 3.8) is 0 Å². The van der Waals surface area contributed by atoms with Gasteiger partial charge < -0.3 is 60.8 Å². The Labute approximate surface area is 247 Å². The van der Waals surface area contributed by atoms with Gasteiger partial charge in [0.15, 0.2) is 12.3 Å². The minimum atomic E-state index is -5.57. The number of nitrogen functional groups attached to an aromatic ring is 1. The molecule has 22 heteroatoms. The Kier molecular flexibility index (Phi) is 11.2. The predicted molar refractivity (Wildman–Crippen MR) is 138 cm³/mol. The number of carbonyl (C=O) groups excluding carboxylic acids is 2. The number of phosphoric acid groups is 1. The molecule has 3 rings (SSSR count). The van der Waals surface area contributed by atoms with Gasteiger partial charge in [0.2, 0.25) is 5.91 Å². The van der Waals surface area contributed by atoms with E-state index < -0.39 is 112 Å². The first kappa shape index (κ1) is 35.4. The molecule has 3 heterocycles. The van der Waals surface area contributed by atoms with E-state index in [4.69, 9.17) is 29.0 Å². The number of aliphatic hydroxyl groups excluding tert-OH is 5. The average Bonchev–Trinajstić information content (AvgIpc) is 3.19. The Morgan fingerprint density at radius 3 is 2.48 bits per heavy atom. The van der Waals surface area contributed by atoms with Crippen molar-refractivity contribution in [2.75, 3.05) is 18.9 Å². The normalized spacial score (nSPS) is 33.1. The van der Waals surface area contributed by atoms with Crippen LogP contribution in [0.1, 0.15) is 26.5 Å². The number of phosphoric ester groups is 1. The van der Waals surface area contributed by atoms with Crippen LogP contribution in [0.25, 0.3) is 0 Å². The number of aliphatic hydroxyl groups is 5. The second-order valence-corrected chi connectivity index (χ2v) is 11.3. The standard InChI is InChI=1S/C22H33N4O17P/c1-8(28)24-14-10(30)5-22(20(34)35,42-18(14)17(11(31)6-27)40-9(2)29)43-44(37,38)39-7-12-15(32)16(33)19(41-12)26-4-3-13(23)25-21(26)36/h3-4,10-12,14-19,27,30-33H,5-7H2,1-2H3,(H,24,28)(H,34,35)(H,37,38)(H2,23,25,36)/t10-,11+,12+,14+,15+,16+,17+,18+,19+,22+/m0/s1. The van der Waals surface area contributed by atoms with Crippen LogP contribution >= 0.6 is 7.82 Å². The fourth-order valence-electron chi connectivity index (χ4n) is 4.64. The highest BCUT2D eigenvalue weighted by molar-refractivity contribution is 7.47. The summed E-state index contributed by atoms with van der Waals surface area (Å²) < 4.78 is 39.1. The van der Waals surface area contributed by atoms with E-state index in [1.54, 1.807) is 0 Å². The molecule has 44 heavy (non-hydrogen) atoms. The van der Waals surface area contributed by atoms with E-state index in [1.165, 1.54) is 6.07 Å². The number of rotatable bonds is 12. The number of nitrogens with two attached hydrogens (primary N) is 1. The van der Waals surface area contributed by atoms with Crippen LogP contribution < -0.4 is 16.7 Å². The molecule has 1 unspecified atom stereocenters. The van der Waals surface area contributed by atoms with Crippen LogP contribution in [0.5, 0.6) is 0 Å². The highest BCUT2D eigenvalue weighted by atomic mass is 31.2. The average molecular weight is 656 g/mol. The number of nitrogens with zero attached hydrogens (tertiary/aromatic N) is 2. The van der Waals surface area contributed by atoms with Crippen molar-refractivity contribution < 1.29 is 77.7 Å². The first-order valence-corrected chi connectivity index (χ1v) is 14.3. The van der Waals surface area contributed by atoms with Crippen LogP contribution in [0.3, 0.4) is 0 Å². The number of amides is 1. The summed E-state index contributed by atoms with van der Waals surface area (Å²) in [4.78, 5) is 61.9. The van der Waals surface area contributed by atoms with Gasteiger partial charge in [-0.25, -0.2) is 18.7 Å². The number of nitrogens with one attached hydrogen (secondary N) is 1. The third-order valence-electron chi connectivity index (χ3n) is 6.59. The molecular weight excluding hydrogens is 623 g/mol. The Balaban J connectivity index is 1.84. The number of aromatic nitrogens is 2. The summed E-state index contributed by atoms with van der Waals surface area (Å²) in [5.41, 5.74) is 4.47. The Morgan fingerprint density at radius 1 is 1.27 bits per heavy atom. The van der Waals surface area contributed by atoms with Gasteiger partial charge in [0.25, 0.3) is 5.79 Å². The van der Waals surface area contributed by atoms with Crippen LogP contribution in [-0.2, 0) is 42.2 Å². The van der Waals surface area contributed by atoms with Crippen molar-refractivity contribution >= 4 is 31.5 Å². The predicted octanol–water partition coefficient (Wildman–Crippen LogP) is -4.70. The molecule has 0 radical (unpaired) electrons. The van der Waals surface area contributed by atoms with Crippen molar-refractivity contribution in [1.82, 2.24) is 14.9 Å². The second-order valence-electron chi connectivity index (χ2n) is 9.91. The first-order valence-electron chi connectivity index (χ1n) is 12.8. The Bertz CT molecular complexity index is 1330. The highest BCUT2D eigenvalue weighted by Crippen LogP contribution is 2.51. The Morgan fingerprint density at radius 2 is 1.93 bits per heavy atom. The molecule has 0 spiro atoms. The SMILES string of the molecule is CC(=O)N[C@H]1[C@H]([C@H](OC(C)=O)[C@H](O)CO)O[C@](OP(=O)(O)OC[C@H]2O[C@@H](n3ccc(N)nc3=O)[C@H](O)[C@@H]2O)(C(=O)O)C[C@@H]1O. The lowest BCUT2D eigenvalue weighted by Crippen LogP contribution is -2.68. The number of aliphatic carboxylic acids is 1. The Hall–Kier alpha value is -3.08. The van der Waals surface area contributed by atoms with E-state index in [1.807, 2.05) is 0 Å². The summed E-state index contributed by atoms with van der Waals surface area (Å²) in [5.74, 6) is -7.34. The van der Waals surface area contributed by atoms with Crippen LogP contribution in [0.15, 0.2) is 17.1 Å². The number of ether oxygens (including phenoxy) is 3. The maximum atomic E-state index is 13.0. The van der Waals surface area contributed by atoms with E-state index >= 15 is 0 Å². The molecular formula is C22H33N4O17P. The zero-order valence-electron chi connectivity index (χ0n) is 23.1. The largest absolute Gasteiger partial charge is 0.477 e. The fourth-order valence-corrected chi connectivity index (χ4v) is 5.60. The van der Waals surface area contributed by atoms with Crippen LogP contribution in [0.2, 0.25) is 0 Å². The summed E-state index contributed by atoms with van der Waals surface area (Å²) >= 11 is 0. The molecule has 0 bridgehead atoms. The number of carbonyl (C=O) groups is 3. The van der Waals surface area contributed by atoms with Gasteiger partial charge in [-0.3, -0.25) is 18.7 Å². The molecule has 248 valence electrons. The van der Waals surface area contributed by atoms with Crippen LogP contribution in [0, 0.1) is 0 Å². The van der Waals surface area contributed by atoms with Gasteiger partial charge in [0.05, 0.1) is 25.4 Å². The molecule has 0 saturated carbocycles. The summed E-state index contributed by atoms with van der Waals surface area (Å²) in [7, 11) is -5.57. The lowest BCUT2D eigenvalue weighted by molar-refractivity contribution is -0.290. The van der Waals surface area contributed by atoms with Crippen molar-refractivity contribution in [1.29, 1.82) is 0 Å². The third-order valence-corrected chi connectivity index (χ3v) is 7.59. The minimum absolute atomic E-state index is 0.143. The lowest BCUT2D eigenvalue weighted by atomic mass is 9.88. The topological polar surface area (TPSA) is 329 Å². The van der Waals surface area contributed by atoms with Gasteiger partial charge in [-0.15, -0.1) is 0 Å². The molecule has 2 aliphatic rings. The summed E-state index contributed by atoms with van der Waals surface area (Å²) in [6.07, 6.45) is -14.6. The van der Waals surface area contributed by atoms with E-state index in [9.17, 15) is 59.3 Å². The zero-order valence-corrected chi connectivity index (χ0v) is 24.0. The molecule has 10 N–H and O–H groups in total. The van der Waals surface area contributed by atoms with Gasteiger partial charge >= 0.3 is 25.5 Å². The fraction of sp³-hybridized carbons (Fsp3) is 0.682. The number of hydrogen-bond acceptors (Lipinski definition) is 17. The van der Waals surface area contributed by atoms with E-state index in [-0.39, 0.29) is 5.82 Å². The van der Waals surface area contributed by atoms with Crippen molar-refractivity contribution in [3.05, 3.63) is 22.7 Å². The smallest absolute Gasteiger partial charge is 0.475 e. The van der Waals surface area contributed by atoms with Gasteiger partial charge in [-0.05, 0) is 6.07 Å². The zero-order chi connectivity index (χ0) is 33.1. The maximum Gasteiger partial charge on any atom is 0.475 e. The quantitative estimate of drug-likeness (QED) is 0.0753. The molecule has 2 aliphatic heterocycles. The number of anilines is 1. The monoisotopic (exact) mass is 656 g/mol. The van der Waals surface area contributed by atoms with Crippen molar-refractivity contribution in [2.45, 2.75) is 81.1 Å². The number of esters is 1. The molecule has 11 atom stereocenters. The molecule has 1 aromatic rings. The summed E-state index contributed by atoms with van der Waals surface area (Å²) in [6, 6.07) is -0.400. The molecule has 1 amide bonds. The van der Waals surface area contributed by atoms with E-state index in [0.717, 1.165) is 24.6 Å². The first-order chi connectivity index (χ1) is 20.4. The summed E-state index contributed by atoms with van der Waals surface area (Å²) in [5, 5.41) is 63.5. The van der Waals surface area contributed by atoms with Gasteiger partial charge in [-0.1, -0.05) is 0 Å². The minimum Gasteiger partial charge on any atom is -0.477 e. The lowest BCUT2D eigenvalue weighted by Gasteiger charge is -2.47. The number of carboxylic acid groups (broad SMARTS) is 1. The molecule has 21 nitrogen and oxygen atoms in total.